The molecular formula is C17H22N6O2. The van der Waals surface area contributed by atoms with Crippen LogP contribution in [0.4, 0.5) is 10.5 Å². The van der Waals surface area contributed by atoms with Gasteiger partial charge in [-0.3, -0.25) is 14.4 Å². The van der Waals surface area contributed by atoms with E-state index in [0.717, 1.165) is 26.1 Å². The van der Waals surface area contributed by atoms with Crippen LogP contribution >= 0.6 is 0 Å². The van der Waals surface area contributed by atoms with Crippen LogP contribution in [-0.4, -0.2) is 45.8 Å². The molecule has 0 radical (unpaired) electrons. The van der Waals surface area contributed by atoms with E-state index in [1.165, 1.54) is 16.4 Å². The van der Waals surface area contributed by atoms with E-state index in [1.54, 1.807) is 6.20 Å². The zero-order valence-electron chi connectivity index (χ0n) is 13.9. The van der Waals surface area contributed by atoms with Crippen molar-refractivity contribution < 1.29 is 9.59 Å². The highest BCUT2D eigenvalue weighted by molar-refractivity contribution is 5.89. The lowest BCUT2D eigenvalue weighted by molar-refractivity contribution is -0.118. The van der Waals surface area contributed by atoms with Gasteiger partial charge in [0.1, 0.15) is 6.54 Å². The van der Waals surface area contributed by atoms with Crippen LogP contribution in [-0.2, 0) is 17.9 Å². The van der Waals surface area contributed by atoms with Gasteiger partial charge in [0.05, 0.1) is 11.9 Å². The first-order chi connectivity index (χ1) is 12.1. The summed E-state index contributed by atoms with van der Waals surface area (Å²) in [6.07, 6.45) is 3.97. The van der Waals surface area contributed by atoms with E-state index in [2.05, 4.69) is 32.8 Å². The topological polar surface area (TPSA) is 105 Å². The Labute approximate surface area is 146 Å². The number of aromatic nitrogens is 2. The van der Waals surface area contributed by atoms with E-state index >= 15 is 0 Å². The number of carbonyl (C=O) groups is 2. The first-order valence-corrected chi connectivity index (χ1v) is 8.23. The van der Waals surface area contributed by atoms with Crippen LogP contribution in [0.5, 0.6) is 0 Å². The van der Waals surface area contributed by atoms with Crippen LogP contribution in [0.1, 0.15) is 12.0 Å². The van der Waals surface area contributed by atoms with Crippen molar-refractivity contribution in [3.8, 4) is 0 Å². The molecule has 8 nitrogen and oxygen atoms in total. The summed E-state index contributed by atoms with van der Waals surface area (Å²) >= 11 is 0. The summed E-state index contributed by atoms with van der Waals surface area (Å²) in [5.74, 6) is -0.483. The quantitative estimate of drug-likeness (QED) is 0.721. The maximum Gasteiger partial charge on any atom is 0.319 e. The number of primary amides is 1. The third-order valence-electron chi connectivity index (χ3n) is 4.07. The normalized spacial score (nSPS) is 17.4. The molecule has 2 aromatic rings. The Bertz CT molecular complexity index is 730. The first kappa shape index (κ1) is 17.0. The van der Waals surface area contributed by atoms with E-state index in [-0.39, 0.29) is 18.6 Å². The summed E-state index contributed by atoms with van der Waals surface area (Å²) in [6.45, 7) is 2.65. The molecule has 0 spiro atoms. The van der Waals surface area contributed by atoms with Gasteiger partial charge >= 0.3 is 6.03 Å². The standard InChI is InChI=1S/C17H22N6O2/c18-16(24)12-23-11-15(8-19-23)21-17(25)20-14-6-7-22(10-14)9-13-4-2-1-3-5-13/h1-5,8,11,14H,6-7,9-10,12H2,(H2,18,24)(H2,20,21,25)/t14-/m0/s1. The fourth-order valence-electron chi connectivity index (χ4n) is 2.96. The molecule has 25 heavy (non-hydrogen) atoms. The second-order valence-electron chi connectivity index (χ2n) is 6.20. The van der Waals surface area contributed by atoms with Gasteiger partial charge in [0.15, 0.2) is 0 Å². The highest BCUT2D eigenvalue weighted by atomic mass is 16.2. The summed E-state index contributed by atoms with van der Waals surface area (Å²) in [5.41, 5.74) is 6.91. The summed E-state index contributed by atoms with van der Waals surface area (Å²) in [7, 11) is 0. The first-order valence-electron chi connectivity index (χ1n) is 8.23. The van der Waals surface area contributed by atoms with Gasteiger partial charge in [-0.05, 0) is 12.0 Å². The zero-order valence-corrected chi connectivity index (χ0v) is 13.9. The number of amides is 3. The van der Waals surface area contributed by atoms with Crippen LogP contribution in [0.3, 0.4) is 0 Å². The van der Waals surface area contributed by atoms with Crippen LogP contribution < -0.4 is 16.4 Å². The van der Waals surface area contributed by atoms with Gasteiger partial charge in [-0.2, -0.15) is 5.10 Å². The smallest absolute Gasteiger partial charge is 0.319 e. The summed E-state index contributed by atoms with van der Waals surface area (Å²) in [5, 5.41) is 9.66. The minimum absolute atomic E-state index is 0.0135. The van der Waals surface area contributed by atoms with E-state index < -0.39 is 5.91 Å². The monoisotopic (exact) mass is 342 g/mol. The predicted molar refractivity (Wildman–Crippen MR) is 93.7 cm³/mol. The maximum atomic E-state index is 12.1. The fourth-order valence-corrected chi connectivity index (χ4v) is 2.96. The van der Waals surface area contributed by atoms with Crippen LogP contribution in [0, 0.1) is 0 Å². The number of rotatable bonds is 6. The van der Waals surface area contributed by atoms with Gasteiger partial charge in [0, 0.05) is 31.9 Å². The Morgan fingerprint density at radius 2 is 2.08 bits per heavy atom. The largest absolute Gasteiger partial charge is 0.368 e. The Morgan fingerprint density at radius 1 is 1.28 bits per heavy atom. The van der Waals surface area contributed by atoms with Gasteiger partial charge in [-0.15, -0.1) is 0 Å². The second-order valence-corrected chi connectivity index (χ2v) is 6.20. The van der Waals surface area contributed by atoms with Crippen molar-refractivity contribution >= 4 is 17.6 Å². The van der Waals surface area contributed by atoms with Gasteiger partial charge < -0.3 is 16.4 Å². The lowest BCUT2D eigenvalue weighted by atomic mass is 10.2. The third-order valence-corrected chi connectivity index (χ3v) is 4.07. The fraction of sp³-hybridized carbons (Fsp3) is 0.353. The van der Waals surface area contributed by atoms with E-state index in [4.69, 9.17) is 5.73 Å². The molecule has 132 valence electrons. The van der Waals surface area contributed by atoms with E-state index in [9.17, 15) is 9.59 Å². The molecule has 1 aromatic carbocycles. The number of hydrogen-bond acceptors (Lipinski definition) is 4. The molecule has 1 aromatic heterocycles. The van der Waals surface area contributed by atoms with E-state index in [1.807, 2.05) is 18.2 Å². The number of hydrogen-bond donors (Lipinski definition) is 3. The van der Waals surface area contributed by atoms with Crippen LogP contribution in [0.25, 0.3) is 0 Å². The molecule has 0 unspecified atom stereocenters. The Hall–Kier alpha value is -2.87. The molecule has 3 rings (SSSR count). The lowest BCUT2D eigenvalue weighted by Gasteiger charge is -2.16. The van der Waals surface area contributed by atoms with Crippen LogP contribution in [0.2, 0.25) is 0 Å². The van der Waals surface area contributed by atoms with E-state index in [0.29, 0.717) is 5.69 Å². The maximum absolute atomic E-state index is 12.1. The molecule has 1 aliphatic rings. The molecule has 1 saturated heterocycles. The average Bonchev–Trinajstić information content (AvgIpc) is 3.17. The van der Waals surface area contributed by atoms with Crippen molar-refractivity contribution in [1.29, 1.82) is 0 Å². The van der Waals surface area contributed by atoms with Gasteiger partial charge in [0.2, 0.25) is 5.91 Å². The van der Waals surface area contributed by atoms with Crippen molar-refractivity contribution in [3.63, 3.8) is 0 Å². The molecule has 4 N–H and O–H groups in total. The van der Waals surface area contributed by atoms with Crippen molar-refractivity contribution in [3.05, 3.63) is 48.3 Å². The lowest BCUT2D eigenvalue weighted by Crippen LogP contribution is -2.39. The Morgan fingerprint density at radius 3 is 2.84 bits per heavy atom. The van der Waals surface area contributed by atoms with Crippen molar-refractivity contribution in [2.45, 2.75) is 25.6 Å². The highest BCUT2D eigenvalue weighted by Gasteiger charge is 2.23. The minimum atomic E-state index is -0.483. The number of nitrogens with zero attached hydrogens (tertiary/aromatic N) is 3. The molecule has 1 fully saturated rings. The third kappa shape index (κ3) is 5.05. The van der Waals surface area contributed by atoms with Crippen molar-refractivity contribution in [2.75, 3.05) is 18.4 Å². The number of nitrogens with one attached hydrogen (secondary N) is 2. The summed E-state index contributed by atoms with van der Waals surface area (Å²) in [6, 6.07) is 10.1. The van der Waals surface area contributed by atoms with Gasteiger partial charge in [-0.25, -0.2) is 4.79 Å². The summed E-state index contributed by atoms with van der Waals surface area (Å²) in [4.78, 5) is 25.3. The molecule has 0 bridgehead atoms. The SMILES string of the molecule is NC(=O)Cn1cc(NC(=O)N[C@H]2CCN(Cc3ccccc3)C2)cn1. The zero-order chi connectivity index (χ0) is 17.6. The van der Waals surface area contributed by atoms with Crippen molar-refractivity contribution in [1.82, 2.24) is 20.0 Å². The number of benzene rings is 1. The Kier molecular flexibility index (Phi) is 5.30. The molecule has 2 heterocycles. The van der Waals surface area contributed by atoms with Gasteiger partial charge in [0.25, 0.3) is 0 Å². The van der Waals surface area contributed by atoms with Crippen molar-refractivity contribution in [2.24, 2.45) is 5.73 Å². The molecule has 3 amide bonds. The highest BCUT2D eigenvalue weighted by Crippen LogP contribution is 2.14. The number of anilines is 1. The minimum Gasteiger partial charge on any atom is -0.368 e. The average molecular weight is 342 g/mol. The molecular weight excluding hydrogens is 320 g/mol. The molecule has 0 aliphatic carbocycles. The number of nitrogens with two attached hydrogens (primary N) is 1. The number of urea groups is 1. The van der Waals surface area contributed by atoms with Crippen LogP contribution in [0.15, 0.2) is 42.7 Å². The molecule has 1 aliphatic heterocycles. The molecule has 8 heteroatoms. The molecule has 0 saturated carbocycles. The number of carbonyl (C=O) groups excluding carboxylic acids is 2. The second kappa shape index (κ2) is 7.80. The Balaban J connectivity index is 1.44. The van der Waals surface area contributed by atoms with Gasteiger partial charge in [-0.1, -0.05) is 30.3 Å². The molecule has 1 atom stereocenters. The summed E-state index contributed by atoms with van der Waals surface area (Å²) < 4.78 is 1.38. The number of likely N-dealkylation sites (tertiary alicyclic amines) is 1. The predicted octanol–water partition coefficient (Wildman–Crippen LogP) is 0.764.